The summed E-state index contributed by atoms with van der Waals surface area (Å²) >= 11 is 1.75. The number of ether oxygens (including phenoxy) is 1. The van der Waals surface area contributed by atoms with E-state index in [4.69, 9.17) is 10.5 Å². The van der Waals surface area contributed by atoms with Crippen LogP contribution in [-0.4, -0.2) is 12.1 Å². The van der Waals surface area contributed by atoms with Crippen molar-refractivity contribution in [2.75, 3.05) is 0 Å². The van der Waals surface area contributed by atoms with Crippen LogP contribution >= 0.6 is 11.3 Å². The lowest BCUT2D eigenvalue weighted by Gasteiger charge is -2.32. The molecule has 0 radical (unpaired) electrons. The maximum Gasteiger partial charge on any atom is 0.107 e. The molecule has 0 aliphatic heterocycles. The third-order valence-electron chi connectivity index (χ3n) is 3.08. The highest BCUT2D eigenvalue weighted by Gasteiger charge is 2.27. The van der Waals surface area contributed by atoms with E-state index in [1.807, 2.05) is 0 Å². The van der Waals surface area contributed by atoms with Crippen molar-refractivity contribution in [1.82, 2.24) is 0 Å². The van der Waals surface area contributed by atoms with E-state index in [0.29, 0.717) is 6.10 Å². The van der Waals surface area contributed by atoms with Crippen LogP contribution < -0.4 is 5.73 Å². The molecule has 0 saturated heterocycles. The number of thiophene rings is 1. The van der Waals surface area contributed by atoms with E-state index in [-0.39, 0.29) is 12.1 Å². The molecule has 2 nitrogen and oxygen atoms in total. The Kier molecular flexibility index (Phi) is 3.78. The SMILES string of the molecule is CCC(N)C(OC1CCC1)c1cccs1. The van der Waals surface area contributed by atoms with Gasteiger partial charge in [0.25, 0.3) is 0 Å². The van der Waals surface area contributed by atoms with E-state index in [0.717, 1.165) is 6.42 Å². The Morgan fingerprint density at radius 3 is 2.87 bits per heavy atom. The third kappa shape index (κ3) is 2.60. The average Bonchev–Trinajstić information content (AvgIpc) is 2.68. The second-order valence-corrected chi connectivity index (χ2v) is 5.18. The van der Waals surface area contributed by atoms with Crippen LogP contribution in [0.15, 0.2) is 17.5 Å². The third-order valence-corrected chi connectivity index (χ3v) is 4.01. The van der Waals surface area contributed by atoms with Gasteiger partial charge in [0.05, 0.1) is 6.10 Å². The fourth-order valence-corrected chi connectivity index (χ4v) is 2.60. The Morgan fingerprint density at radius 2 is 2.40 bits per heavy atom. The molecule has 1 aliphatic carbocycles. The minimum atomic E-state index is 0.111. The quantitative estimate of drug-likeness (QED) is 0.835. The second-order valence-electron chi connectivity index (χ2n) is 4.20. The molecule has 0 spiro atoms. The first kappa shape index (κ1) is 11.1. The highest BCUT2D eigenvalue weighted by Crippen LogP contribution is 2.33. The van der Waals surface area contributed by atoms with Gasteiger partial charge in [0.2, 0.25) is 0 Å². The summed E-state index contributed by atoms with van der Waals surface area (Å²) in [6, 6.07) is 4.33. The highest BCUT2D eigenvalue weighted by atomic mass is 32.1. The molecule has 2 rings (SSSR count). The fourth-order valence-electron chi connectivity index (χ4n) is 1.76. The van der Waals surface area contributed by atoms with Crippen molar-refractivity contribution in [2.24, 2.45) is 5.73 Å². The molecule has 2 atom stereocenters. The van der Waals surface area contributed by atoms with Gasteiger partial charge >= 0.3 is 0 Å². The van der Waals surface area contributed by atoms with Gasteiger partial charge in [-0.3, -0.25) is 0 Å². The molecule has 2 N–H and O–H groups in total. The van der Waals surface area contributed by atoms with Gasteiger partial charge in [-0.2, -0.15) is 0 Å². The fraction of sp³-hybridized carbons (Fsp3) is 0.667. The zero-order valence-corrected chi connectivity index (χ0v) is 10.0. The van der Waals surface area contributed by atoms with Gasteiger partial charge in [-0.25, -0.2) is 0 Å². The van der Waals surface area contributed by atoms with Gasteiger partial charge in [-0.1, -0.05) is 13.0 Å². The summed E-state index contributed by atoms with van der Waals surface area (Å²) < 4.78 is 6.07. The van der Waals surface area contributed by atoms with Gasteiger partial charge < -0.3 is 10.5 Å². The summed E-state index contributed by atoms with van der Waals surface area (Å²) in [6.45, 7) is 2.12. The maximum atomic E-state index is 6.12. The Hall–Kier alpha value is -0.380. The largest absolute Gasteiger partial charge is 0.368 e. The molecule has 0 bridgehead atoms. The Balaban J connectivity index is 2.01. The summed E-state index contributed by atoms with van der Waals surface area (Å²) in [5, 5.41) is 2.09. The zero-order chi connectivity index (χ0) is 10.7. The molecular formula is C12H19NOS. The summed E-state index contributed by atoms with van der Waals surface area (Å²) in [5.41, 5.74) is 6.12. The first-order chi connectivity index (χ1) is 7.31. The number of hydrogen-bond acceptors (Lipinski definition) is 3. The van der Waals surface area contributed by atoms with Crippen molar-refractivity contribution in [1.29, 1.82) is 0 Å². The first-order valence-corrected chi connectivity index (χ1v) is 6.63. The predicted molar refractivity (Wildman–Crippen MR) is 64.1 cm³/mol. The minimum Gasteiger partial charge on any atom is -0.368 e. The Morgan fingerprint density at radius 1 is 1.60 bits per heavy atom. The number of hydrogen-bond donors (Lipinski definition) is 1. The van der Waals surface area contributed by atoms with Crippen molar-refractivity contribution in [3.8, 4) is 0 Å². The maximum absolute atomic E-state index is 6.12. The van der Waals surface area contributed by atoms with Crippen molar-refractivity contribution >= 4 is 11.3 Å². The van der Waals surface area contributed by atoms with Crippen LogP contribution in [0.2, 0.25) is 0 Å². The smallest absolute Gasteiger partial charge is 0.107 e. The Labute approximate surface area is 95.4 Å². The van der Waals surface area contributed by atoms with E-state index < -0.39 is 0 Å². The lowest BCUT2D eigenvalue weighted by molar-refractivity contribution is -0.0622. The lowest BCUT2D eigenvalue weighted by Crippen LogP contribution is -2.34. The van der Waals surface area contributed by atoms with Crippen molar-refractivity contribution in [3.63, 3.8) is 0 Å². The van der Waals surface area contributed by atoms with Crippen molar-refractivity contribution in [3.05, 3.63) is 22.4 Å². The minimum absolute atomic E-state index is 0.111. The van der Waals surface area contributed by atoms with E-state index in [1.165, 1.54) is 24.1 Å². The summed E-state index contributed by atoms with van der Waals surface area (Å²) in [4.78, 5) is 1.27. The van der Waals surface area contributed by atoms with Crippen LogP contribution in [0.25, 0.3) is 0 Å². The molecule has 1 fully saturated rings. The number of nitrogens with two attached hydrogens (primary N) is 1. The molecule has 1 heterocycles. The van der Waals surface area contributed by atoms with Crippen molar-refractivity contribution < 1.29 is 4.74 Å². The summed E-state index contributed by atoms with van der Waals surface area (Å²) in [7, 11) is 0. The first-order valence-electron chi connectivity index (χ1n) is 5.75. The van der Waals surface area contributed by atoms with Crippen molar-refractivity contribution in [2.45, 2.75) is 50.9 Å². The highest BCUT2D eigenvalue weighted by molar-refractivity contribution is 7.10. The van der Waals surface area contributed by atoms with Crippen LogP contribution in [0, 0.1) is 0 Å². The van der Waals surface area contributed by atoms with E-state index in [2.05, 4.69) is 24.4 Å². The number of rotatable bonds is 5. The Bertz CT molecular complexity index is 282. The molecule has 1 aromatic rings. The molecular weight excluding hydrogens is 206 g/mol. The molecule has 0 amide bonds. The standard InChI is InChI=1S/C12H19NOS/c1-2-10(13)12(11-7-4-8-15-11)14-9-5-3-6-9/h4,7-10,12H,2-3,5-6,13H2,1H3. The molecule has 15 heavy (non-hydrogen) atoms. The zero-order valence-electron chi connectivity index (χ0n) is 9.19. The van der Waals surface area contributed by atoms with Gasteiger partial charge in [-0.15, -0.1) is 11.3 Å². The normalized spacial score (nSPS) is 20.9. The van der Waals surface area contributed by atoms with E-state index >= 15 is 0 Å². The van der Waals surface area contributed by atoms with Gasteiger partial charge in [-0.05, 0) is 37.1 Å². The summed E-state index contributed by atoms with van der Waals surface area (Å²) in [5.74, 6) is 0. The molecule has 1 aromatic heterocycles. The lowest BCUT2D eigenvalue weighted by atomic mass is 9.95. The molecule has 0 aromatic carbocycles. The van der Waals surface area contributed by atoms with E-state index in [1.54, 1.807) is 11.3 Å². The van der Waals surface area contributed by atoms with Crippen LogP contribution in [0.1, 0.15) is 43.6 Å². The van der Waals surface area contributed by atoms with Gasteiger partial charge in [0.15, 0.2) is 0 Å². The monoisotopic (exact) mass is 225 g/mol. The van der Waals surface area contributed by atoms with Crippen LogP contribution in [0.4, 0.5) is 0 Å². The molecule has 2 unspecified atom stereocenters. The van der Waals surface area contributed by atoms with Crippen LogP contribution in [-0.2, 0) is 4.74 Å². The predicted octanol–water partition coefficient (Wildman–Crippen LogP) is 3.10. The molecule has 1 aliphatic rings. The topological polar surface area (TPSA) is 35.2 Å². The van der Waals surface area contributed by atoms with Crippen LogP contribution in [0.3, 0.4) is 0 Å². The molecule has 84 valence electrons. The molecule has 3 heteroatoms. The van der Waals surface area contributed by atoms with E-state index in [9.17, 15) is 0 Å². The average molecular weight is 225 g/mol. The van der Waals surface area contributed by atoms with Gasteiger partial charge in [0.1, 0.15) is 6.10 Å². The van der Waals surface area contributed by atoms with Crippen LogP contribution in [0.5, 0.6) is 0 Å². The second kappa shape index (κ2) is 5.10. The summed E-state index contributed by atoms with van der Waals surface area (Å²) in [6.07, 6.45) is 5.25. The molecule has 1 saturated carbocycles. The van der Waals surface area contributed by atoms with Gasteiger partial charge in [0, 0.05) is 10.9 Å².